The molecule has 0 aliphatic rings. The molecule has 1 aromatic heterocycles. The maximum absolute atomic E-state index is 13.4. The SMILES string of the molecule is CC(=O)Nc1cccc(-n2cnn(CN(C)Cc3ccc(F)c(F)c3)c2=S)c1. The number of carbonyl (C=O) groups is 1. The number of halogens is 2. The Balaban J connectivity index is 1.75. The molecule has 1 N–H and O–H groups in total. The molecule has 0 saturated heterocycles. The highest BCUT2D eigenvalue weighted by Gasteiger charge is 2.09. The zero-order valence-corrected chi connectivity index (χ0v) is 16.2. The van der Waals surface area contributed by atoms with Gasteiger partial charge in [-0.15, -0.1) is 0 Å². The van der Waals surface area contributed by atoms with E-state index < -0.39 is 11.6 Å². The summed E-state index contributed by atoms with van der Waals surface area (Å²) in [7, 11) is 1.83. The van der Waals surface area contributed by atoms with E-state index in [0.717, 1.165) is 11.8 Å². The standard InChI is InChI=1S/C19H19F2N5OS/c1-13(27)23-15-4-3-5-16(9-15)25-11-22-26(19(25)28)12-24(2)10-14-6-7-17(20)18(21)8-14/h3-9,11H,10,12H2,1-2H3,(H,23,27). The quantitative estimate of drug-likeness (QED) is 0.638. The summed E-state index contributed by atoms with van der Waals surface area (Å²) in [5.74, 6) is -1.89. The predicted molar refractivity (Wildman–Crippen MR) is 105 cm³/mol. The summed E-state index contributed by atoms with van der Waals surface area (Å²) in [6.07, 6.45) is 1.60. The molecule has 9 heteroatoms. The molecule has 0 radical (unpaired) electrons. The molecular weight excluding hydrogens is 384 g/mol. The van der Waals surface area contributed by atoms with Crippen LogP contribution in [0.15, 0.2) is 48.8 Å². The minimum Gasteiger partial charge on any atom is -0.326 e. The van der Waals surface area contributed by atoms with Crippen LogP contribution in [-0.4, -0.2) is 32.2 Å². The van der Waals surface area contributed by atoms with Crippen LogP contribution >= 0.6 is 12.2 Å². The van der Waals surface area contributed by atoms with Crippen LogP contribution in [0.3, 0.4) is 0 Å². The van der Waals surface area contributed by atoms with Gasteiger partial charge in [0.15, 0.2) is 11.6 Å². The van der Waals surface area contributed by atoms with Gasteiger partial charge in [-0.05, 0) is 55.2 Å². The van der Waals surface area contributed by atoms with E-state index in [4.69, 9.17) is 12.2 Å². The Morgan fingerprint density at radius 2 is 2.00 bits per heavy atom. The molecule has 0 unspecified atom stereocenters. The van der Waals surface area contributed by atoms with Gasteiger partial charge in [-0.1, -0.05) is 12.1 Å². The van der Waals surface area contributed by atoms with Crippen LogP contribution in [0.4, 0.5) is 14.5 Å². The number of nitrogens with one attached hydrogen (secondary N) is 1. The Labute approximate surface area is 166 Å². The fourth-order valence-corrected chi connectivity index (χ4v) is 3.03. The third-order valence-corrected chi connectivity index (χ3v) is 4.40. The third kappa shape index (κ3) is 4.68. The molecule has 2 aromatic carbocycles. The van der Waals surface area contributed by atoms with Gasteiger partial charge >= 0.3 is 0 Å². The molecule has 6 nitrogen and oxygen atoms in total. The van der Waals surface area contributed by atoms with Crippen LogP contribution in [-0.2, 0) is 18.0 Å². The second kappa shape index (κ2) is 8.41. The minimum absolute atomic E-state index is 0.157. The highest BCUT2D eigenvalue weighted by atomic mass is 32.1. The molecular formula is C19H19F2N5OS. The summed E-state index contributed by atoms with van der Waals surface area (Å²) in [5, 5.41) is 7.04. The summed E-state index contributed by atoms with van der Waals surface area (Å²) in [5.41, 5.74) is 2.08. The van der Waals surface area contributed by atoms with Crippen molar-refractivity contribution in [2.45, 2.75) is 20.1 Å². The first kappa shape index (κ1) is 19.8. The first-order valence-electron chi connectivity index (χ1n) is 8.48. The maximum atomic E-state index is 13.4. The van der Waals surface area contributed by atoms with Gasteiger partial charge in [0.25, 0.3) is 0 Å². The van der Waals surface area contributed by atoms with Crippen molar-refractivity contribution in [1.82, 2.24) is 19.2 Å². The zero-order valence-electron chi connectivity index (χ0n) is 15.4. The van der Waals surface area contributed by atoms with Crippen LogP contribution < -0.4 is 5.32 Å². The summed E-state index contributed by atoms with van der Waals surface area (Å²) in [6, 6.07) is 11.1. The van der Waals surface area contributed by atoms with E-state index in [-0.39, 0.29) is 5.91 Å². The Bertz CT molecular complexity index is 1060. The van der Waals surface area contributed by atoms with Crippen molar-refractivity contribution in [2.24, 2.45) is 0 Å². The van der Waals surface area contributed by atoms with E-state index in [1.54, 1.807) is 33.8 Å². The number of hydrogen-bond acceptors (Lipinski definition) is 4. The van der Waals surface area contributed by atoms with Crippen molar-refractivity contribution in [3.05, 3.63) is 70.8 Å². The monoisotopic (exact) mass is 403 g/mol. The number of anilines is 1. The highest BCUT2D eigenvalue weighted by molar-refractivity contribution is 7.71. The Hall–Kier alpha value is -2.91. The van der Waals surface area contributed by atoms with Crippen LogP contribution in [0.25, 0.3) is 5.69 Å². The maximum Gasteiger partial charge on any atom is 0.221 e. The fourth-order valence-electron chi connectivity index (χ4n) is 2.78. The normalized spacial score (nSPS) is 11.0. The second-order valence-corrected chi connectivity index (χ2v) is 6.78. The largest absolute Gasteiger partial charge is 0.326 e. The molecule has 1 heterocycles. The van der Waals surface area contributed by atoms with Crippen molar-refractivity contribution in [2.75, 3.05) is 12.4 Å². The lowest BCUT2D eigenvalue weighted by atomic mass is 10.2. The van der Waals surface area contributed by atoms with Crippen LogP contribution in [0.2, 0.25) is 0 Å². The summed E-state index contributed by atoms with van der Waals surface area (Å²) in [4.78, 5) is 13.1. The number of amides is 1. The Morgan fingerprint density at radius 3 is 2.71 bits per heavy atom. The molecule has 0 fully saturated rings. The van der Waals surface area contributed by atoms with E-state index >= 15 is 0 Å². The van der Waals surface area contributed by atoms with Gasteiger partial charge in [0.05, 0.1) is 12.4 Å². The van der Waals surface area contributed by atoms with E-state index in [0.29, 0.717) is 29.2 Å². The number of carbonyl (C=O) groups excluding carboxylic acids is 1. The first-order valence-corrected chi connectivity index (χ1v) is 8.89. The van der Waals surface area contributed by atoms with Gasteiger partial charge < -0.3 is 5.32 Å². The molecule has 0 spiro atoms. The van der Waals surface area contributed by atoms with Crippen LogP contribution in [0, 0.1) is 16.4 Å². The van der Waals surface area contributed by atoms with Gasteiger partial charge in [-0.2, -0.15) is 5.10 Å². The minimum atomic E-state index is -0.870. The average molecular weight is 403 g/mol. The lowest BCUT2D eigenvalue weighted by molar-refractivity contribution is -0.114. The molecule has 0 bridgehead atoms. The predicted octanol–water partition coefficient (Wildman–Crippen LogP) is 3.73. The first-order chi connectivity index (χ1) is 13.3. The molecule has 3 aromatic rings. The smallest absolute Gasteiger partial charge is 0.221 e. The third-order valence-electron chi connectivity index (χ3n) is 3.99. The zero-order chi connectivity index (χ0) is 20.3. The molecule has 0 aliphatic heterocycles. The van der Waals surface area contributed by atoms with Crippen LogP contribution in [0.1, 0.15) is 12.5 Å². The lowest BCUT2D eigenvalue weighted by Gasteiger charge is -2.16. The molecule has 28 heavy (non-hydrogen) atoms. The number of nitrogens with zero attached hydrogens (tertiary/aromatic N) is 4. The van der Waals surface area contributed by atoms with Crippen LogP contribution in [0.5, 0.6) is 0 Å². The molecule has 146 valence electrons. The van der Waals surface area contributed by atoms with Crippen molar-refractivity contribution >= 4 is 23.8 Å². The topological polar surface area (TPSA) is 55.1 Å². The van der Waals surface area contributed by atoms with Gasteiger partial charge in [-0.3, -0.25) is 14.3 Å². The molecule has 0 aliphatic carbocycles. The number of benzene rings is 2. The van der Waals surface area contributed by atoms with E-state index in [1.807, 2.05) is 24.1 Å². The fraction of sp³-hybridized carbons (Fsp3) is 0.211. The van der Waals surface area contributed by atoms with Crippen molar-refractivity contribution in [3.8, 4) is 5.69 Å². The highest BCUT2D eigenvalue weighted by Crippen LogP contribution is 2.16. The summed E-state index contributed by atoms with van der Waals surface area (Å²) >= 11 is 5.50. The molecule has 0 atom stereocenters. The Morgan fingerprint density at radius 1 is 1.21 bits per heavy atom. The summed E-state index contributed by atoms with van der Waals surface area (Å²) < 4.78 is 30.2. The molecule has 0 saturated carbocycles. The molecule has 3 rings (SSSR count). The van der Waals surface area contributed by atoms with E-state index in [9.17, 15) is 13.6 Å². The Kier molecular flexibility index (Phi) is 5.96. The average Bonchev–Trinajstić information content (AvgIpc) is 2.98. The summed E-state index contributed by atoms with van der Waals surface area (Å²) in [6.45, 7) is 2.22. The van der Waals surface area contributed by atoms with Gasteiger partial charge in [-0.25, -0.2) is 13.5 Å². The number of rotatable bonds is 6. The van der Waals surface area contributed by atoms with E-state index in [2.05, 4.69) is 10.4 Å². The van der Waals surface area contributed by atoms with Gasteiger partial charge in [0, 0.05) is 19.2 Å². The number of hydrogen-bond donors (Lipinski definition) is 1. The lowest BCUT2D eigenvalue weighted by Crippen LogP contribution is -2.22. The van der Waals surface area contributed by atoms with Crippen molar-refractivity contribution in [3.63, 3.8) is 0 Å². The van der Waals surface area contributed by atoms with E-state index in [1.165, 1.54) is 13.0 Å². The molecule has 1 amide bonds. The number of aromatic nitrogens is 3. The van der Waals surface area contributed by atoms with Gasteiger partial charge in [0.1, 0.15) is 6.33 Å². The van der Waals surface area contributed by atoms with Crippen molar-refractivity contribution < 1.29 is 13.6 Å². The van der Waals surface area contributed by atoms with Gasteiger partial charge in [0.2, 0.25) is 10.7 Å². The second-order valence-electron chi connectivity index (χ2n) is 6.42. The van der Waals surface area contributed by atoms with Crippen molar-refractivity contribution in [1.29, 1.82) is 0 Å².